The van der Waals surface area contributed by atoms with Crippen LogP contribution in [0, 0.1) is 0 Å². The minimum atomic E-state index is -3.29. The Labute approximate surface area is 131 Å². The number of rotatable bonds is 3. The van der Waals surface area contributed by atoms with Gasteiger partial charge in [-0.25, -0.2) is 13.4 Å². The number of amides is 1. The summed E-state index contributed by atoms with van der Waals surface area (Å²) in [5, 5.41) is -0.750. The second-order valence-electron chi connectivity index (χ2n) is 4.33. The topological polar surface area (TPSA) is 67.3 Å². The Morgan fingerprint density at radius 3 is 2.95 bits per heavy atom. The van der Waals surface area contributed by atoms with E-state index < -0.39 is 15.2 Å². The van der Waals surface area contributed by atoms with Crippen molar-refractivity contribution in [2.24, 2.45) is 0 Å². The maximum atomic E-state index is 12.5. The van der Waals surface area contributed by atoms with E-state index in [1.807, 2.05) is 0 Å². The lowest BCUT2D eigenvalue weighted by molar-refractivity contribution is 0.0743. The smallest absolute Gasteiger partial charge is 0.273 e. The molecule has 0 aromatic carbocycles. The minimum absolute atomic E-state index is 0.0356. The molecule has 0 radical (unpaired) electrons. The fourth-order valence-electron chi connectivity index (χ4n) is 1.98. The van der Waals surface area contributed by atoms with Crippen LogP contribution in [-0.2, 0) is 9.84 Å². The number of hydrogen-bond donors (Lipinski definition) is 0. The lowest BCUT2D eigenvalue weighted by Crippen LogP contribution is -2.50. The third kappa shape index (κ3) is 3.35. The van der Waals surface area contributed by atoms with Crippen LogP contribution in [0.1, 0.15) is 17.4 Å². The molecule has 1 aromatic heterocycles. The van der Waals surface area contributed by atoms with E-state index in [1.165, 1.54) is 4.90 Å². The second-order valence-corrected chi connectivity index (χ2v) is 8.73. The number of halogens is 1. The maximum absolute atomic E-state index is 12.5. The van der Waals surface area contributed by atoms with E-state index >= 15 is 0 Å². The van der Waals surface area contributed by atoms with Gasteiger partial charge in [-0.3, -0.25) is 4.79 Å². The van der Waals surface area contributed by atoms with E-state index in [0.717, 1.165) is 5.75 Å². The number of carbonyl (C=O) groups excluding carboxylic acids is 1. The zero-order valence-electron chi connectivity index (χ0n) is 11.0. The molecule has 8 heteroatoms. The van der Waals surface area contributed by atoms with Gasteiger partial charge < -0.3 is 4.90 Å². The first-order chi connectivity index (χ1) is 9.45. The summed E-state index contributed by atoms with van der Waals surface area (Å²) >= 11 is 4.78. The summed E-state index contributed by atoms with van der Waals surface area (Å²) in [5.74, 6) is 0.882. The van der Waals surface area contributed by atoms with Gasteiger partial charge in [0.2, 0.25) is 0 Å². The van der Waals surface area contributed by atoms with Gasteiger partial charge in [0.05, 0.1) is 0 Å². The highest BCUT2D eigenvalue weighted by atomic mass is 79.9. The van der Waals surface area contributed by atoms with Gasteiger partial charge in [0, 0.05) is 23.8 Å². The first kappa shape index (κ1) is 15.8. The van der Waals surface area contributed by atoms with Crippen LogP contribution in [0.4, 0.5) is 0 Å². The Morgan fingerprint density at radius 2 is 2.30 bits per heavy atom. The lowest BCUT2D eigenvalue weighted by atomic mass is 10.3. The third-order valence-electron chi connectivity index (χ3n) is 3.10. The Kier molecular flexibility index (Phi) is 5.09. The van der Waals surface area contributed by atoms with Crippen molar-refractivity contribution in [1.82, 2.24) is 9.88 Å². The number of sulfone groups is 1. The van der Waals surface area contributed by atoms with Crippen LogP contribution in [-0.4, -0.2) is 53.4 Å². The van der Waals surface area contributed by atoms with Crippen LogP contribution in [0.5, 0.6) is 0 Å². The normalized spacial score (nSPS) is 19.9. The van der Waals surface area contributed by atoms with Crippen LogP contribution in [0.25, 0.3) is 0 Å². The molecule has 110 valence electrons. The first-order valence-electron chi connectivity index (χ1n) is 6.18. The molecular weight excluding hydrogens is 364 g/mol. The molecular formula is C12H15BrN2O3S2. The summed E-state index contributed by atoms with van der Waals surface area (Å²) < 4.78 is 24.8. The van der Waals surface area contributed by atoms with Crippen molar-refractivity contribution in [2.45, 2.75) is 12.3 Å². The number of thioether (sulfide) groups is 1. The predicted molar refractivity (Wildman–Crippen MR) is 83.5 cm³/mol. The highest BCUT2D eigenvalue weighted by Crippen LogP contribution is 2.23. The Bertz CT molecular complexity index is 606. The van der Waals surface area contributed by atoms with Crippen LogP contribution in [0.3, 0.4) is 0 Å². The van der Waals surface area contributed by atoms with E-state index in [4.69, 9.17) is 0 Å². The number of aromatic nitrogens is 1. The molecule has 1 aliphatic heterocycles. The predicted octanol–water partition coefficient (Wildman–Crippen LogP) is 1.79. The molecule has 0 spiro atoms. The molecule has 0 bridgehead atoms. The van der Waals surface area contributed by atoms with Crippen LogP contribution in [0.15, 0.2) is 22.8 Å². The third-order valence-corrected chi connectivity index (χ3v) is 6.83. The molecule has 1 fully saturated rings. The summed E-state index contributed by atoms with van der Waals surface area (Å²) in [5.41, 5.74) is 0.266. The van der Waals surface area contributed by atoms with E-state index in [2.05, 4.69) is 20.9 Å². The number of hydrogen-bond acceptors (Lipinski definition) is 5. The number of nitrogens with zero attached hydrogens (tertiary/aromatic N) is 2. The molecule has 20 heavy (non-hydrogen) atoms. The summed E-state index contributed by atoms with van der Waals surface area (Å²) in [6, 6.07) is 5.04. The highest BCUT2D eigenvalue weighted by Gasteiger charge is 2.36. The molecule has 1 atom stereocenters. The molecule has 1 saturated heterocycles. The highest BCUT2D eigenvalue weighted by molar-refractivity contribution is 9.10. The molecule has 0 saturated carbocycles. The largest absolute Gasteiger partial charge is 0.319 e. The SMILES string of the molecule is CCS(=O)(=O)C1CSCCN1C(=O)c1cccc(Br)n1. The number of pyridine rings is 1. The lowest BCUT2D eigenvalue weighted by Gasteiger charge is -2.34. The summed E-state index contributed by atoms with van der Waals surface area (Å²) in [4.78, 5) is 18.0. The molecule has 5 nitrogen and oxygen atoms in total. The molecule has 1 unspecified atom stereocenters. The first-order valence-corrected chi connectivity index (χ1v) is 9.85. The van der Waals surface area contributed by atoms with Crippen molar-refractivity contribution in [3.05, 3.63) is 28.5 Å². The van der Waals surface area contributed by atoms with Gasteiger partial charge in [-0.2, -0.15) is 11.8 Å². The van der Waals surface area contributed by atoms with Crippen molar-refractivity contribution >= 4 is 43.4 Å². The van der Waals surface area contributed by atoms with E-state index in [1.54, 1.807) is 36.9 Å². The van der Waals surface area contributed by atoms with Gasteiger partial charge in [0.15, 0.2) is 9.84 Å². The van der Waals surface area contributed by atoms with Crippen LogP contribution >= 0.6 is 27.7 Å². The van der Waals surface area contributed by atoms with Gasteiger partial charge in [-0.05, 0) is 28.1 Å². The van der Waals surface area contributed by atoms with E-state index in [-0.39, 0.29) is 17.4 Å². The molecule has 1 amide bonds. The van der Waals surface area contributed by atoms with Gasteiger partial charge in [0.1, 0.15) is 15.7 Å². The monoisotopic (exact) mass is 378 g/mol. The van der Waals surface area contributed by atoms with Crippen molar-refractivity contribution in [3.63, 3.8) is 0 Å². The van der Waals surface area contributed by atoms with Gasteiger partial charge in [0.25, 0.3) is 5.91 Å². The Morgan fingerprint density at radius 1 is 1.55 bits per heavy atom. The van der Waals surface area contributed by atoms with E-state index in [9.17, 15) is 13.2 Å². The average molecular weight is 379 g/mol. The van der Waals surface area contributed by atoms with Crippen LogP contribution < -0.4 is 0 Å². The fourth-order valence-corrected chi connectivity index (χ4v) is 5.29. The van der Waals surface area contributed by atoms with Crippen LogP contribution in [0.2, 0.25) is 0 Å². The molecule has 2 rings (SSSR count). The summed E-state index contributed by atoms with van der Waals surface area (Å²) in [6.45, 7) is 2.04. The molecule has 2 heterocycles. The average Bonchev–Trinajstić information content (AvgIpc) is 2.46. The minimum Gasteiger partial charge on any atom is -0.319 e. The Hall–Kier alpha value is -0.600. The zero-order chi connectivity index (χ0) is 14.8. The van der Waals surface area contributed by atoms with Gasteiger partial charge in [-0.1, -0.05) is 13.0 Å². The van der Waals surface area contributed by atoms with Crippen molar-refractivity contribution < 1.29 is 13.2 Å². The summed E-state index contributed by atoms with van der Waals surface area (Å²) in [6.07, 6.45) is 0. The molecule has 0 N–H and O–H groups in total. The Balaban J connectivity index is 2.31. The standard InChI is InChI=1S/C12H15BrN2O3S2/c1-2-20(17,18)11-8-19-7-6-15(11)12(16)9-4-3-5-10(13)14-9/h3-5,11H,2,6-8H2,1H3. The van der Waals surface area contributed by atoms with Crippen molar-refractivity contribution in [1.29, 1.82) is 0 Å². The van der Waals surface area contributed by atoms with Gasteiger partial charge >= 0.3 is 0 Å². The second kappa shape index (κ2) is 6.44. The fraction of sp³-hybridized carbons (Fsp3) is 0.500. The van der Waals surface area contributed by atoms with E-state index in [0.29, 0.717) is 16.9 Å². The maximum Gasteiger partial charge on any atom is 0.273 e. The number of carbonyl (C=O) groups is 1. The van der Waals surface area contributed by atoms with Crippen molar-refractivity contribution in [2.75, 3.05) is 23.8 Å². The molecule has 0 aliphatic carbocycles. The quantitative estimate of drug-likeness (QED) is 0.750. The molecule has 1 aliphatic rings. The summed E-state index contributed by atoms with van der Waals surface area (Å²) in [7, 11) is -3.29. The van der Waals surface area contributed by atoms with Gasteiger partial charge in [-0.15, -0.1) is 0 Å². The van der Waals surface area contributed by atoms with Crippen molar-refractivity contribution in [3.8, 4) is 0 Å². The zero-order valence-corrected chi connectivity index (χ0v) is 14.2. The molecule has 1 aromatic rings.